The first-order chi connectivity index (χ1) is 14.4. The van der Waals surface area contributed by atoms with E-state index in [1.807, 2.05) is 45.1 Å². The van der Waals surface area contributed by atoms with E-state index in [9.17, 15) is 0 Å². The van der Waals surface area contributed by atoms with Gasteiger partial charge in [-0.25, -0.2) is 4.98 Å². The van der Waals surface area contributed by atoms with Crippen LogP contribution >= 0.6 is 11.6 Å². The van der Waals surface area contributed by atoms with Crippen molar-refractivity contribution >= 4 is 34.9 Å². The third kappa shape index (κ3) is 5.17. The van der Waals surface area contributed by atoms with Crippen LogP contribution in [0.1, 0.15) is 55.6 Å². The molecule has 0 fully saturated rings. The highest BCUT2D eigenvalue weighted by Gasteiger charge is 2.18. The zero-order valence-corrected chi connectivity index (χ0v) is 19.2. The van der Waals surface area contributed by atoms with Crippen molar-refractivity contribution in [2.45, 2.75) is 34.1 Å². The molecule has 154 valence electrons. The van der Waals surface area contributed by atoms with E-state index in [1.165, 1.54) is 5.56 Å². The standard InChI is InChI=1S/C28H30ClN/c1-8-12-21(13-9-2)22-14-16-23(17-15-22)28-25(11-4)27(19(5)6)24(10-3)26(30-28)18-20(7)29/h8-10,12-18H,1,3,5,11H2,2,4,6-7H3/b13-9-,20-18+,21-12+. The normalized spacial score (nSPS) is 12.3. The average molecular weight is 416 g/mol. The van der Waals surface area contributed by atoms with Crippen molar-refractivity contribution in [1.29, 1.82) is 0 Å². The summed E-state index contributed by atoms with van der Waals surface area (Å²) in [4.78, 5) is 5.00. The molecule has 2 aromatic rings. The molecule has 0 spiro atoms. The van der Waals surface area contributed by atoms with Crippen LogP contribution in [-0.2, 0) is 6.42 Å². The van der Waals surface area contributed by atoms with E-state index >= 15 is 0 Å². The van der Waals surface area contributed by atoms with Crippen LogP contribution in [0.5, 0.6) is 0 Å². The zero-order valence-electron chi connectivity index (χ0n) is 18.4. The Morgan fingerprint density at radius 3 is 2.27 bits per heavy atom. The number of halogens is 1. The number of allylic oxidation sites excluding steroid dienone is 7. The molecule has 30 heavy (non-hydrogen) atoms. The maximum Gasteiger partial charge on any atom is 0.0747 e. The lowest BCUT2D eigenvalue weighted by atomic mass is 9.89. The Bertz CT molecular complexity index is 1040. The second kappa shape index (κ2) is 10.8. The minimum Gasteiger partial charge on any atom is -0.247 e. The van der Waals surface area contributed by atoms with Crippen molar-refractivity contribution in [2.24, 2.45) is 0 Å². The molecule has 2 rings (SSSR count). The highest BCUT2D eigenvalue weighted by Crippen LogP contribution is 2.35. The van der Waals surface area contributed by atoms with Gasteiger partial charge in [-0.05, 0) is 55.5 Å². The second-order valence-electron chi connectivity index (χ2n) is 7.12. The van der Waals surface area contributed by atoms with E-state index in [-0.39, 0.29) is 0 Å². The van der Waals surface area contributed by atoms with Crippen LogP contribution in [0.25, 0.3) is 34.6 Å². The summed E-state index contributed by atoms with van der Waals surface area (Å²) >= 11 is 6.20. The number of nitrogens with zero attached hydrogens (tertiary/aromatic N) is 1. The predicted octanol–water partition coefficient (Wildman–Crippen LogP) is 8.73. The summed E-state index contributed by atoms with van der Waals surface area (Å²) in [5, 5.41) is 0.675. The third-order valence-corrected chi connectivity index (χ3v) is 4.93. The fourth-order valence-corrected chi connectivity index (χ4v) is 3.71. The van der Waals surface area contributed by atoms with Crippen molar-refractivity contribution in [3.05, 3.63) is 101 Å². The van der Waals surface area contributed by atoms with Gasteiger partial charge in [0.05, 0.1) is 11.4 Å². The Hall–Kier alpha value is -2.90. The highest BCUT2D eigenvalue weighted by molar-refractivity contribution is 6.31. The van der Waals surface area contributed by atoms with Crippen LogP contribution in [0.3, 0.4) is 0 Å². The maximum atomic E-state index is 6.20. The summed E-state index contributed by atoms with van der Waals surface area (Å²) in [5.41, 5.74) is 9.33. The van der Waals surface area contributed by atoms with Crippen LogP contribution in [-0.4, -0.2) is 4.98 Å². The Kier molecular flexibility index (Phi) is 8.38. The minimum absolute atomic E-state index is 0.675. The molecule has 0 radical (unpaired) electrons. The summed E-state index contributed by atoms with van der Waals surface area (Å²) in [5.74, 6) is 0. The summed E-state index contributed by atoms with van der Waals surface area (Å²) < 4.78 is 0. The van der Waals surface area contributed by atoms with E-state index in [2.05, 4.69) is 57.0 Å². The van der Waals surface area contributed by atoms with Crippen LogP contribution in [0.2, 0.25) is 0 Å². The number of rotatable bonds is 8. The monoisotopic (exact) mass is 415 g/mol. The van der Waals surface area contributed by atoms with Gasteiger partial charge in [-0.1, -0.05) is 98.5 Å². The van der Waals surface area contributed by atoms with E-state index in [1.54, 1.807) is 6.08 Å². The van der Waals surface area contributed by atoms with Gasteiger partial charge in [0.1, 0.15) is 0 Å². The SMILES string of the molecule is C=C/C=C(\C=C/C)c1ccc(-c2nc(/C=C(\C)Cl)c(C=C)c(C(=C)C)c2CC)cc1. The third-order valence-electron chi connectivity index (χ3n) is 4.82. The van der Waals surface area contributed by atoms with Crippen molar-refractivity contribution in [3.8, 4) is 11.3 Å². The molecule has 0 N–H and O–H groups in total. The number of benzene rings is 1. The van der Waals surface area contributed by atoms with E-state index < -0.39 is 0 Å². The highest BCUT2D eigenvalue weighted by atomic mass is 35.5. The molecule has 0 saturated carbocycles. The summed E-state index contributed by atoms with van der Waals surface area (Å²) in [6.45, 7) is 20.1. The van der Waals surface area contributed by atoms with Gasteiger partial charge >= 0.3 is 0 Å². The van der Waals surface area contributed by atoms with Gasteiger partial charge in [-0.15, -0.1) is 0 Å². The van der Waals surface area contributed by atoms with Crippen molar-refractivity contribution in [1.82, 2.24) is 4.98 Å². The van der Waals surface area contributed by atoms with Gasteiger partial charge in [-0.2, -0.15) is 0 Å². The molecule has 0 amide bonds. The molecule has 0 atom stereocenters. The first-order valence-corrected chi connectivity index (χ1v) is 10.5. The van der Waals surface area contributed by atoms with Gasteiger partial charge in [0, 0.05) is 16.2 Å². The molecular formula is C28H30ClN. The topological polar surface area (TPSA) is 12.9 Å². The average Bonchev–Trinajstić information content (AvgIpc) is 2.72. The molecule has 0 aliphatic heterocycles. The van der Waals surface area contributed by atoms with E-state index in [4.69, 9.17) is 16.6 Å². The molecule has 1 heterocycles. The molecule has 1 aromatic heterocycles. The van der Waals surface area contributed by atoms with Crippen LogP contribution in [0, 0.1) is 0 Å². The first-order valence-electron chi connectivity index (χ1n) is 10.1. The van der Waals surface area contributed by atoms with Gasteiger partial charge in [0.2, 0.25) is 0 Å². The Balaban J connectivity index is 2.77. The fourth-order valence-electron chi connectivity index (χ4n) is 3.61. The molecule has 0 bridgehead atoms. The maximum absolute atomic E-state index is 6.20. The van der Waals surface area contributed by atoms with Crippen LogP contribution in [0.15, 0.2) is 73.3 Å². The van der Waals surface area contributed by atoms with Gasteiger partial charge in [0.15, 0.2) is 0 Å². The number of hydrogen-bond acceptors (Lipinski definition) is 1. The van der Waals surface area contributed by atoms with Crippen molar-refractivity contribution < 1.29 is 0 Å². The van der Waals surface area contributed by atoms with Crippen molar-refractivity contribution in [2.75, 3.05) is 0 Å². The Morgan fingerprint density at radius 2 is 1.80 bits per heavy atom. The number of hydrogen-bond donors (Lipinski definition) is 0. The summed E-state index contributed by atoms with van der Waals surface area (Å²) in [6.07, 6.45) is 12.5. The molecular weight excluding hydrogens is 386 g/mol. The fraction of sp³-hybridized carbons (Fsp3) is 0.179. The lowest BCUT2D eigenvalue weighted by Crippen LogP contribution is -2.04. The largest absolute Gasteiger partial charge is 0.247 e. The van der Waals surface area contributed by atoms with Gasteiger partial charge in [-0.3, -0.25) is 0 Å². The molecule has 1 aromatic carbocycles. The first kappa shape index (κ1) is 23.4. The number of pyridine rings is 1. The van der Waals surface area contributed by atoms with Gasteiger partial charge < -0.3 is 0 Å². The summed E-state index contributed by atoms with van der Waals surface area (Å²) in [7, 11) is 0. The molecule has 0 aliphatic carbocycles. The van der Waals surface area contributed by atoms with Crippen LogP contribution in [0.4, 0.5) is 0 Å². The second-order valence-corrected chi connectivity index (χ2v) is 7.71. The smallest absolute Gasteiger partial charge is 0.0747 e. The van der Waals surface area contributed by atoms with Crippen molar-refractivity contribution in [3.63, 3.8) is 0 Å². The molecule has 0 aliphatic rings. The lowest BCUT2D eigenvalue weighted by Gasteiger charge is -2.19. The Morgan fingerprint density at radius 1 is 1.13 bits per heavy atom. The van der Waals surface area contributed by atoms with Crippen LogP contribution < -0.4 is 0 Å². The van der Waals surface area contributed by atoms with E-state index in [0.717, 1.165) is 51.2 Å². The predicted molar refractivity (Wildman–Crippen MR) is 136 cm³/mol. The molecule has 1 nitrogen and oxygen atoms in total. The Labute approximate surface area is 186 Å². The number of aromatic nitrogens is 1. The minimum atomic E-state index is 0.675. The quantitative estimate of drug-likeness (QED) is 0.392. The molecule has 0 unspecified atom stereocenters. The zero-order chi connectivity index (χ0) is 22.3. The van der Waals surface area contributed by atoms with E-state index in [0.29, 0.717) is 5.03 Å². The summed E-state index contributed by atoms with van der Waals surface area (Å²) in [6, 6.07) is 8.48. The lowest BCUT2D eigenvalue weighted by molar-refractivity contribution is 1.09. The van der Waals surface area contributed by atoms with Gasteiger partial charge in [0.25, 0.3) is 0 Å². The molecule has 0 saturated heterocycles. The molecule has 2 heteroatoms.